The first kappa shape index (κ1) is 15.5. The Bertz CT molecular complexity index is 375. The second-order valence-corrected chi connectivity index (χ2v) is 6.60. The summed E-state index contributed by atoms with van der Waals surface area (Å²) in [5.41, 5.74) is 2.82. The van der Waals surface area contributed by atoms with Gasteiger partial charge in [-0.15, -0.1) is 0 Å². The monoisotopic (exact) mass is 274 g/mol. The van der Waals surface area contributed by atoms with Crippen LogP contribution in [0.1, 0.15) is 50.7 Å². The number of hydrogen-bond acceptors (Lipinski definition) is 2. The van der Waals surface area contributed by atoms with Gasteiger partial charge in [0.25, 0.3) is 0 Å². The summed E-state index contributed by atoms with van der Waals surface area (Å²) in [5, 5.41) is 3.57. The van der Waals surface area contributed by atoms with Crippen molar-refractivity contribution in [2.75, 3.05) is 26.2 Å². The molecule has 0 atom stereocenters. The van der Waals surface area contributed by atoms with Crippen molar-refractivity contribution < 1.29 is 0 Å². The van der Waals surface area contributed by atoms with Crippen molar-refractivity contribution in [3.05, 3.63) is 35.4 Å². The third-order valence-corrected chi connectivity index (χ3v) is 4.46. The molecule has 1 heterocycles. The fourth-order valence-electron chi connectivity index (χ4n) is 2.78. The second-order valence-electron chi connectivity index (χ2n) is 6.60. The van der Waals surface area contributed by atoms with Crippen LogP contribution in [0.4, 0.5) is 0 Å². The first-order valence-corrected chi connectivity index (χ1v) is 8.17. The van der Waals surface area contributed by atoms with Gasteiger partial charge in [0, 0.05) is 19.6 Å². The average Bonchev–Trinajstić information content (AvgIpc) is 2.46. The quantitative estimate of drug-likeness (QED) is 0.797. The minimum atomic E-state index is 0.624. The molecule has 1 aromatic rings. The topological polar surface area (TPSA) is 15.3 Å². The predicted octanol–water partition coefficient (Wildman–Crippen LogP) is 3.63. The van der Waals surface area contributed by atoms with Gasteiger partial charge in [-0.05, 0) is 48.9 Å². The highest BCUT2D eigenvalue weighted by Crippen LogP contribution is 2.16. The van der Waals surface area contributed by atoms with E-state index in [9.17, 15) is 0 Å². The third kappa shape index (κ3) is 4.92. The van der Waals surface area contributed by atoms with Crippen LogP contribution >= 0.6 is 0 Å². The Morgan fingerprint density at radius 2 is 1.80 bits per heavy atom. The Morgan fingerprint density at radius 3 is 2.40 bits per heavy atom. The summed E-state index contributed by atoms with van der Waals surface area (Å²) < 4.78 is 0. The molecular weight excluding hydrogens is 244 g/mol. The van der Waals surface area contributed by atoms with E-state index in [1.54, 1.807) is 0 Å². The van der Waals surface area contributed by atoms with Crippen molar-refractivity contribution >= 4 is 0 Å². The molecule has 0 saturated carbocycles. The minimum absolute atomic E-state index is 0.624. The van der Waals surface area contributed by atoms with Crippen LogP contribution in [0.2, 0.25) is 0 Å². The van der Waals surface area contributed by atoms with Gasteiger partial charge < -0.3 is 10.2 Å². The summed E-state index contributed by atoms with van der Waals surface area (Å²) in [6, 6.07) is 9.03. The smallest absolute Gasteiger partial charge is 0.0206 e. The van der Waals surface area contributed by atoms with E-state index in [1.807, 2.05) is 0 Å². The van der Waals surface area contributed by atoms with E-state index < -0.39 is 0 Å². The molecule has 0 bridgehead atoms. The second kappa shape index (κ2) is 7.80. The Kier molecular flexibility index (Phi) is 6.06. The molecule has 2 rings (SSSR count). The minimum Gasteiger partial charge on any atom is -0.311 e. The van der Waals surface area contributed by atoms with Crippen molar-refractivity contribution in [1.29, 1.82) is 0 Å². The van der Waals surface area contributed by atoms with Crippen LogP contribution < -0.4 is 5.32 Å². The molecule has 1 aliphatic heterocycles. The van der Waals surface area contributed by atoms with Gasteiger partial charge in [0.1, 0.15) is 0 Å². The predicted molar refractivity (Wildman–Crippen MR) is 87.1 cm³/mol. The first-order chi connectivity index (χ1) is 9.65. The van der Waals surface area contributed by atoms with Gasteiger partial charge in [-0.2, -0.15) is 0 Å². The number of nitrogens with one attached hydrogen (secondary N) is 1. The maximum absolute atomic E-state index is 3.57. The Balaban J connectivity index is 1.63. The van der Waals surface area contributed by atoms with E-state index in [0.717, 1.165) is 19.0 Å². The number of piperidine rings is 1. The molecule has 1 aliphatic rings. The summed E-state index contributed by atoms with van der Waals surface area (Å²) in [6.07, 6.45) is 2.74. The normalized spacial score (nSPS) is 17.8. The lowest BCUT2D eigenvalue weighted by Crippen LogP contribution is -2.37. The van der Waals surface area contributed by atoms with Crippen molar-refractivity contribution in [3.63, 3.8) is 0 Å². The van der Waals surface area contributed by atoms with Crippen molar-refractivity contribution in [2.45, 2.75) is 46.1 Å². The number of rotatable bonds is 6. The summed E-state index contributed by atoms with van der Waals surface area (Å²) in [6.45, 7) is 12.7. The lowest BCUT2D eigenvalue weighted by molar-refractivity contribution is 0.193. The summed E-state index contributed by atoms with van der Waals surface area (Å²) >= 11 is 0. The summed E-state index contributed by atoms with van der Waals surface area (Å²) in [7, 11) is 0. The van der Waals surface area contributed by atoms with Gasteiger partial charge in [0.2, 0.25) is 0 Å². The van der Waals surface area contributed by atoms with Gasteiger partial charge >= 0.3 is 0 Å². The molecule has 0 aromatic heterocycles. The van der Waals surface area contributed by atoms with Gasteiger partial charge in [0.05, 0.1) is 0 Å². The standard InChI is InChI=1S/C18H30N2/c1-15(2)18-6-4-17(5-7-18)14-19-10-13-20-11-8-16(3)9-12-20/h4-7,15-16,19H,8-14H2,1-3H3. The number of benzene rings is 1. The lowest BCUT2D eigenvalue weighted by Gasteiger charge is -2.30. The molecule has 0 unspecified atom stereocenters. The molecule has 0 amide bonds. The molecule has 1 saturated heterocycles. The molecule has 1 N–H and O–H groups in total. The van der Waals surface area contributed by atoms with Crippen LogP contribution in [-0.4, -0.2) is 31.1 Å². The molecular formula is C18H30N2. The van der Waals surface area contributed by atoms with E-state index in [-0.39, 0.29) is 0 Å². The highest BCUT2D eigenvalue weighted by molar-refractivity contribution is 5.24. The number of nitrogens with zero attached hydrogens (tertiary/aromatic N) is 1. The maximum Gasteiger partial charge on any atom is 0.0206 e. The lowest BCUT2D eigenvalue weighted by atomic mass is 9.99. The van der Waals surface area contributed by atoms with Gasteiger partial charge in [-0.3, -0.25) is 0 Å². The van der Waals surface area contributed by atoms with Gasteiger partial charge in [-0.25, -0.2) is 0 Å². The van der Waals surface area contributed by atoms with Gasteiger partial charge in [0.15, 0.2) is 0 Å². The fourth-order valence-corrected chi connectivity index (χ4v) is 2.78. The molecule has 2 heteroatoms. The number of likely N-dealkylation sites (tertiary alicyclic amines) is 1. The molecule has 20 heavy (non-hydrogen) atoms. The van der Waals surface area contributed by atoms with E-state index in [2.05, 4.69) is 55.3 Å². The highest BCUT2D eigenvalue weighted by Gasteiger charge is 2.14. The SMILES string of the molecule is CC1CCN(CCNCc2ccc(C(C)C)cc2)CC1. The zero-order valence-electron chi connectivity index (χ0n) is 13.4. The van der Waals surface area contributed by atoms with Crippen LogP contribution in [0, 0.1) is 5.92 Å². The third-order valence-electron chi connectivity index (χ3n) is 4.46. The molecule has 1 fully saturated rings. The van der Waals surface area contributed by atoms with Crippen molar-refractivity contribution in [3.8, 4) is 0 Å². The van der Waals surface area contributed by atoms with Crippen LogP contribution in [0.15, 0.2) is 24.3 Å². The maximum atomic E-state index is 3.57. The first-order valence-electron chi connectivity index (χ1n) is 8.17. The Hall–Kier alpha value is -0.860. The van der Waals surface area contributed by atoms with Crippen LogP contribution in [0.25, 0.3) is 0 Å². The van der Waals surface area contributed by atoms with Gasteiger partial charge in [-0.1, -0.05) is 45.0 Å². The highest BCUT2D eigenvalue weighted by atomic mass is 15.1. The molecule has 112 valence electrons. The Labute approximate surface area is 124 Å². The van der Waals surface area contributed by atoms with E-state index in [4.69, 9.17) is 0 Å². The molecule has 0 spiro atoms. The Morgan fingerprint density at radius 1 is 1.15 bits per heavy atom. The largest absolute Gasteiger partial charge is 0.311 e. The van der Waals surface area contributed by atoms with Crippen molar-refractivity contribution in [2.24, 2.45) is 5.92 Å². The van der Waals surface area contributed by atoms with Crippen LogP contribution in [0.3, 0.4) is 0 Å². The summed E-state index contributed by atoms with van der Waals surface area (Å²) in [5.74, 6) is 1.55. The van der Waals surface area contributed by atoms with Crippen LogP contribution in [-0.2, 0) is 6.54 Å². The average molecular weight is 274 g/mol. The molecule has 0 aliphatic carbocycles. The zero-order valence-corrected chi connectivity index (χ0v) is 13.4. The molecule has 0 radical (unpaired) electrons. The van der Waals surface area contributed by atoms with Crippen molar-refractivity contribution in [1.82, 2.24) is 10.2 Å². The fraction of sp³-hybridized carbons (Fsp3) is 0.667. The van der Waals surface area contributed by atoms with E-state index in [1.165, 1.54) is 43.6 Å². The molecule has 1 aromatic carbocycles. The summed E-state index contributed by atoms with van der Waals surface area (Å²) in [4.78, 5) is 2.59. The molecule has 2 nitrogen and oxygen atoms in total. The zero-order chi connectivity index (χ0) is 14.4. The van der Waals surface area contributed by atoms with Crippen LogP contribution in [0.5, 0.6) is 0 Å². The van der Waals surface area contributed by atoms with E-state index >= 15 is 0 Å². The van der Waals surface area contributed by atoms with E-state index in [0.29, 0.717) is 5.92 Å². The number of hydrogen-bond donors (Lipinski definition) is 1.